The Hall–Kier alpha value is -2.21. The van der Waals surface area contributed by atoms with Crippen LogP contribution in [0.15, 0.2) is 23.3 Å². The molecule has 0 saturated carbocycles. The van der Waals surface area contributed by atoms with Gasteiger partial charge < -0.3 is 9.64 Å². The molecular weight excluding hydrogens is 294 g/mol. The summed E-state index contributed by atoms with van der Waals surface area (Å²) in [5.74, 6) is -0.159. The lowest BCUT2D eigenvalue weighted by Gasteiger charge is -2.30. The third-order valence-corrected chi connectivity index (χ3v) is 4.17. The molecule has 23 heavy (non-hydrogen) atoms. The zero-order valence-electron chi connectivity index (χ0n) is 13.5. The van der Waals surface area contributed by atoms with Crippen molar-refractivity contribution in [2.24, 2.45) is 5.10 Å². The third-order valence-electron chi connectivity index (χ3n) is 4.17. The van der Waals surface area contributed by atoms with Gasteiger partial charge in [0.05, 0.1) is 18.9 Å². The minimum Gasteiger partial charge on any atom is -0.378 e. The van der Waals surface area contributed by atoms with Gasteiger partial charge in [0.1, 0.15) is 5.71 Å². The molecule has 0 unspecified atom stereocenters. The molecule has 2 heterocycles. The van der Waals surface area contributed by atoms with Crippen molar-refractivity contribution in [1.82, 2.24) is 4.90 Å². The first-order valence-corrected chi connectivity index (χ1v) is 7.91. The van der Waals surface area contributed by atoms with E-state index in [9.17, 15) is 9.59 Å². The summed E-state index contributed by atoms with van der Waals surface area (Å²) in [6.07, 6.45) is 0.707. The summed E-state index contributed by atoms with van der Waals surface area (Å²) in [6.45, 7) is 6.18. The number of carbonyl (C=O) groups is 2. The Morgan fingerprint density at radius 3 is 2.65 bits per heavy atom. The van der Waals surface area contributed by atoms with Crippen LogP contribution in [0.3, 0.4) is 0 Å². The number of hydrogen-bond donors (Lipinski definition) is 0. The van der Waals surface area contributed by atoms with Gasteiger partial charge >= 0.3 is 0 Å². The van der Waals surface area contributed by atoms with E-state index in [1.807, 2.05) is 32.0 Å². The van der Waals surface area contributed by atoms with E-state index in [2.05, 4.69) is 5.10 Å². The second-order valence-corrected chi connectivity index (χ2v) is 5.95. The number of rotatable bonds is 2. The van der Waals surface area contributed by atoms with Crippen LogP contribution in [0.2, 0.25) is 0 Å². The zero-order chi connectivity index (χ0) is 16.4. The largest absolute Gasteiger partial charge is 0.378 e. The number of aryl methyl sites for hydroxylation is 2. The molecule has 0 aliphatic carbocycles. The fourth-order valence-corrected chi connectivity index (χ4v) is 2.79. The highest BCUT2D eigenvalue weighted by Gasteiger charge is 2.29. The molecule has 122 valence electrons. The number of hydrogen-bond acceptors (Lipinski definition) is 4. The molecule has 1 aromatic carbocycles. The van der Waals surface area contributed by atoms with Crippen LogP contribution in [0.1, 0.15) is 24.0 Å². The average molecular weight is 315 g/mol. The Kier molecular flexibility index (Phi) is 4.43. The van der Waals surface area contributed by atoms with E-state index in [0.717, 1.165) is 16.8 Å². The molecule has 1 saturated heterocycles. The van der Waals surface area contributed by atoms with E-state index in [0.29, 0.717) is 44.9 Å². The topological polar surface area (TPSA) is 62.2 Å². The van der Waals surface area contributed by atoms with Gasteiger partial charge in [-0.15, -0.1) is 0 Å². The van der Waals surface area contributed by atoms with Crippen molar-refractivity contribution >= 4 is 23.2 Å². The van der Waals surface area contributed by atoms with Gasteiger partial charge in [-0.2, -0.15) is 5.10 Å². The molecule has 0 atom stereocenters. The number of benzene rings is 1. The van der Waals surface area contributed by atoms with Crippen molar-refractivity contribution in [3.05, 3.63) is 29.3 Å². The van der Waals surface area contributed by atoms with E-state index in [1.165, 1.54) is 5.01 Å². The Morgan fingerprint density at radius 1 is 1.17 bits per heavy atom. The third kappa shape index (κ3) is 3.27. The van der Waals surface area contributed by atoms with E-state index < -0.39 is 0 Å². The lowest BCUT2D eigenvalue weighted by atomic mass is 10.1. The fraction of sp³-hybridized carbons (Fsp3) is 0.471. The SMILES string of the molecule is Cc1ccc(C)c(N2N=C(C(=O)N3CCOCC3)CCC2=O)c1. The minimum absolute atomic E-state index is 0.0720. The predicted molar refractivity (Wildman–Crippen MR) is 87.5 cm³/mol. The normalized spacial score (nSPS) is 18.9. The van der Waals surface area contributed by atoms with Gasteiger partial charge in [-0.1, -0.05) is 12.1 Å². The summed E-state index contributed by atoms with van der Waals surface area (Å²) in [6, 6.07) is 5.89. The predicted octanol–water partition coefficient (Wildman–Crippen LogP) is 1.65. The van der Waals surface area contributed by atoms with Crippen LogP contribution in [0, 0.1) is 13.8 Å². The molecule has 0 radical (unpaired) electrons. The maximum Gasteiger partial charge on any atom is 0.270 e. The second kappa shape index (κ2) is 6.50. The maximum atomic E-state index is 12.6. The molecule has 6 nitrogen and oxygen atoms in total. The summed E-state index contributed by atoms with van der Waals surface area (Å²) < 4.78 is 5.28. The molecule has 1 fully saturated rings. The summed E-state index contributed by atoms with van der Waals surface area (Å²) in [5.41, 5.74) is 3.22. The first kappa shape index (κ1) is 15.7. The maximum absolute atomic E-state index is 12.6. The van der Waals surface area contributed by atoms with Crippen LogP contribution >= 0.6 is 0 Å². The monoisotopic (exact) mass is 315 g/mol. The average Bonchev–Trinajstić information content (AvgIpc) is 2.58. The van der Waals surface area contributed by atoms with Crippen LogP contribution in [-0.4, -0.2) is 48.7 Å². The molecule has 0 aromatic heterocycles. The van der Waals surface area contributed by atoms with Crippen molar-refractivity contribution in [2.75, 3.05) is 31.3 Å². The first-order valence-electron chi connectivity index (χ1n) is 7.91. The quantitative estimate of drug-likeness (QED) is 0.833. The Morgan fingerprint density at radius 2 is 1.91 bits per heavy atom. The smallest absolute Gasteiger partial charge is 0.270 e. The molecule has 0 spiro atoms. The first-order chi connectivity index (χ1) is 11.1. The lowest BCUT2D eigenvalue weighted by Crippen LogP contribution is -2.46. The zero-order valence-corrected chi connectivity index (χ0v) is 13.5. The number of nitrogens with zero attached hydrogens (tertiary/aromatic N) is 3. The summed E-state index contributed by atoms with van der Waals surface area (Å²) >= 11 is 0. The number of morpholine rings is 1. The molecule has 2 amide bonds. The summed E-state index contributed by atoms with van der Waals surface area (Å²) in [7, 11) is 0. The van der Waals surface area contributed by atoms with Crippen molar-refractivity contribution in [1.29, 1.82) is 0 Å². The second-order valence-electron chi connectivity index (χ2n) is 5.95. The molecule has 0 N–H and O–H groups in total. The number of anilines is 1. The van der Waals surface area contributed by atoms with Crippen LogP contribution in [0.25, 0.3) is 0 Å². The van der Waals surface area contributed by atoms with Gasteiger partial charge in [0.15, 0.2) is 0 Å². The van der Waals surface area contributed by atoms with Crippen LogP contribution in [-0.2, 0) is 14.3 Å². The Bertz CT molecular complexity index is 663. The molecule has 2 aliphatic heterocycles. The van der Waals surface area contributed by atoms with Crippen molar-refractivity contribution in [2.45, 2.75) is 26.7 Å². The highest BCUT2D eigenvalue weighted by atomic mass is 16.5. The molecule has 6 heteroatoms. The van der Waals surface area contributed by atoms with Crippen LogP contribution in [0.4, 0.5) is 5.69 Å². The van der Waals surface area contributed by atoms with Gasteiger partial charge in [0.2, 0.25) is 5.91 Å². The lowest BCUT2D eigenvalue weighted by molar-refractivity contribution is -0.128. The molecule has 3 rings (SSSR count). The number of ether oxygens (including phenoxy) is 1. The number of amides is 2. The van der Waals surface area contributed by atoms with Crippen molar-refractivity contribution in [3.8, 4) is 0 Å². The number of hydrazone groups is 1. The number of carbonyl (C=O) groups excluding carboxylic acids is 2. The van der Waals surface area contributed by atoms with Gasteiger partial charge in [0.25, 0.3) is 5.91 Å². The van der Waals surface area contributed by atoms with E-state index in [1.54, 1.807) is 4.90 Å². The molecule has 1 aromatic rings. The highest BCUT2D eigenvalue weighted by molar-refractivity contribution is 6.40. The van der Waals surface area contributed by atoms with E-state index in [-0.39, 0.29) is 11.8 Å². The standard InChI is InChI=1S/C17H21N3O3/c1-12-3-4-13(2)15(11-12)20-16(21)6-5-14(18-20)17(22)19-7-9-23-10-8-19/h3-4,11H,5-10H2,1-2H3. The minimum atomic E-state index is -0.0869. The molecule has 0 bridgehead atoms. The summed E-state index contributed by atoms with van der Waals surface area (Å²) in [5, 5.41) is 5.77. The molecule has 2 aliphatic rings. The highest BCUT2D eigenvalue weighted by Crippen LogP contribution is 2.25. The van der Waals surface area contributed by atoms with Crippen LogP contribution < -0.4 is 5.01 Å². The van der Waals surface area contributed by atoms with Gasteiger partial charge in [-0.3, -0.25) is 9.59 Å². The van der Waals surface area contributed by atoms with Crippen molar-refractivity contribution in [3.63, 3.8) is 0 Å². The Labute approximate surface area is 135 Å². The Balaban J connectivity index is 1.89. The van der Waals surface area contributed by atoms with Gasteiger partial charge in [-0.05, 0) is 31.0 Å². The van der Waals surface area contributed by atoms with E-state index in [4.69, 9.17) is 4.74 Å². The van der Waals surface area contributed by atoms with Gasteiger partial charge in [-0.25, -0.2) is 5.01 Å². The van der Waals surface area contributed by atoms with Gasteiger partial charge in [0, 0.05) is 25.9 Å². The molecular formula is C17H21N3O3. The fourth-order valence-electron chi connectivity index (χ4n) is 2.79. The van der Waals surface area contributed by atoms with E-state index >= 15 is 0 Å². The van der Waals surface area contributed by atoms with Crippen molar-refractivity contribution < 1.29 is 14.3 Å². The summed E-state index contributed by atoms with van der Waals surface area (Å²) in [4.78, 5) is 26.6. The van der Waals surface area contributed by atoms with Crippen LogP contribution in [0.5, 0.6) is 0 Å².